The SMILES string of the molecule is O=C(N/N=C\c1cccc2ccccc12)c1ccc(OCc2ccccc2)cc1. The number of fused-ring (bicyclic) bond motifs is 1. The maximum absolute atomic E-state index is 12.3. The van der Waals surface area contributed by atoms with Crippen molar-refractivity contribution in [2.75, 3.05) is 0 Å². The molecular formula is C25H20N2O2. The van der Waals surface area contributed by atoms with Crippen LogP contribution in [0.25, 0.3) is 10.8 Å². The second-order valence-corrected chi connectivity index (χ2v) is 6.57. The lowest BCUT2D eigenvalue weighted by molar-refractivity contribution is 0.0955. The number of nitrogens with one attached hydrogen (secondary N) is 1. The van der Waals surface area contributed by atoms with Crippen molar-refractivity contribution < 1.29 is 9.53 Å². The number of hydrogen-bond donors (Lipinski definition) is 1. The van der Waals surface area contributed by atoms with Crippen LogP contribution >= 0.6 is 0 Å². The van der Waals surface area contributed by atoms with E-state index in [-0.39, 0.29) is 5.91 Å². The minimum absolute atomic E-state index is 0.268. The molecule has 0 aliphatic carbocycles. The summed E-state index contributed by atoms with van der Waals surface area (Å²) in [6, 6.07) is 31.0. The van der Waals surface area contributed by atoms with Crippen molar-refractivity contribution in [2.24, 2.45) is 5.10 Å². The number of ether oxygens (including phenoxy) is 1. The molecule has 142 valence electrons. The zero-order chi connectivity index (χ0) is 19.9. The normalized spacial score (nSPS) is 10.9. The minimum Gasteiger partial charge on any atom is -0.489 e. The molecular weight excluding hydrogens is 360 g/mol. The van der Waals surface area contributed by atoms with Crippen LogP contribution in [0.5, 0.6) is 5.75 Å². The second kappa shape index (κ2) is 8.85. The lowest BCUT2D eigenvalue weighted by Crippen LogP contribution is -2.17. The Morgan fingerprint density at radius 1 is 0.828 bits per heavy atom. The summed E-state index contributed by atoms with van der Waals surface area (Å²) >= 11 is 0. The highest BCUT2D eigenvalue weighted by Gasteiger charge is 2.05. The molecule has 4 rings (SSSR count). The van der Waals surface area contributed by atoms with Gasteiger partial charge in [0, 0.05) is 11.1 Å². The van der Waals surface area contributed by atoms with Gasteiger partial charge in [0.1, 0.15) is 12.4 Å². The fraction of sp³-hybridized carbons (Fsp3) is 0.0400. The first-order chi connectivity index (χ1) is 14.3. The maximum atomic E-state index is 12.3. The van der Waals surface area contributed by atoms with Crippen LogP contribution in [0.4, 0.5) is 0 Å². The van der Waals surface area contributed by atoms with Crippen LogP contribution in [-0.2, 0) is 6.61 Å². The van der Waals surface area contributed by atoms with Gasteiger partial charge in [-0.15, -0.1) is 0 Å². The molecule has 4 heteroatoms. The lowest BCUT2D eigenvalue weighted by Gasteiger charge is -2.07. The smallest absolute Gasteiger partial charge is 0.271 e. The molecule has 0 aliphatic rings. The molecule has 29 heavy (non-hydrogen) atoms. The van der Waals surface area contributed by atoms with E-state index in [9.17, 15) is 4.79 Å². The Morgan fingerprint density at radius 2 is 1.55 bits per heavy atom. The highest BCUT2D eigenvalue weighted by atomic mass is 16.5. The van der Waals surface area contributed by atoms with Crippen molar-refractivity contribution >= 4 is 22.9 Å². The third kappa shape index (κ3) is 4.68. The fourth-order valence-electron chi connectivity index (χ4n) is 3.03. The summed E-state index contributed by atoms with van der Waals surface area (Å²) in [5.41, 5.74) is 5.15. The summed E-state index contributed by atoms with van der Waals surface area (Å²) in [5.74, 6) is 0.445. The summed E-state index contributed by atoms with van der Waals surface area (Å²) < 4.78 is 5.75. The Kier molecular flexibility index (Phi) is 5.63. The van der Waals surface area contributed by atoms with Crippen molar-refractivity contribution in [3.05, 3.63) is 114 Å². The summed E-state index contributed by atoms with van der Waals surface area (Å²) in [6.07, 6.45) is 1.66. The van der Waals surface area contributed by atoms with Gasteiger partial charge in [0.25, 0.3) is 5.91 Å². The van der Waals surface area contributed by atoms with E-state index in [2.05, 4.69) is 10.5 Å². The molecule has 0 saturated heterocycles. The number of amides is 1. The monoisotopic (exact) mass is 380 g/mol. The van der Waals surface area contributed by atoms with Crippen LogP contribution in [-0.4, -0.2) is 12.1 Å². The zero-order valence-corrected chi connectivity index (χ0v) is 15.8. The highest BCUT2D eigenvalue weighted by Crippen LogP contribution is 2.17. The maximum Gasteiger partial charge on any atom is 0.271 e. The Bertz CT molecular complexity index is 1130. The lowest BCUT2D eigenvalue weighted by atomic mass is 10.1. The molecule has 0 atom stereocenters. The van der Waals surface area contributed by atoms with E-state index in [1.165, 1.54) is 0 Å². The highest BCUT2D eigenvalue weighted by molar-refractivity contribution is 6.00. The first kappa shape index (κ1) is 18.4. The van der Waals surface area contributed by atoms with Crippen LogP contribution in [0.15, 0.2) is 102 Å². The van der Waals surface area contributed by atoms with Gasteiger partial charge in [0.15, 0.2) is 0 Å². The Balaban J connectivity index is 1.36. The van der Waals surface area contributed by atoms with Crippen molar-refractivity contribution in [3.8, 4) is 5.75 Å². The van der Waals surface area contributed by atoms with Gasteiger partial charge in [-0.1, -0.05) is 72.8 Å². The molecule has 0 aromatic heterocycles. The van der Waals surface area contributed by atoms with Gasteiger partial charge in [-0.05, 0) is 40.6 Å². The molecule has 4 aromatic rings. The summed E-state index contributed by atoms with van der Waals surface area (Å²) in [6.45, 7) is 0.488. The Labute approximate surface area is 169 Å². The van der Waals surface area contributed by atoms with Crippen molar-refractivity contribution in [1.82, 2.24) is 5.43 Å². The number of rotatable bonds is 6. The summed E-state index contributed by atoms with van der Waals surface area (Å²) in [4.78, 5) is 12.3. The molecule has 0 spiro atoms. The molecule has 0 radical (unpaired) electrons. The van der Waals surface area contributed by atoms with Gasteiger partial charge < -0.3 is 4.74 Å². The van der Waals surface area contributed by atoms with E-state index in [0.29, 0.717) is 17.9 Å². The van der Waals surface area contributed by atoms with Gasteiger partial charge in [0.05, 0.1) is 6.21 Å². The third-order valence-corrected chi connectivity index (χ3v) is 4.56. The fourth-order valence-corrected chi connectivity index (χ4v) is 3.03. The largest absolute Gasteiger partial charge is 0.489 e. The van der Waals surface area contributed by atoms with Crippen LogP contribution in [0.2, 0.25) is 0 Å². The molecule has 0 bridgehead atoms. The molecule has 1 N–H and O–H groups in total. The standard InChI is InChI=1S/C25H20N2O2/c28-25(27-26-17-22-11-6-10-20-9-4-5-12-24(20)22)21-13-15-23(16-14-21)29-18-19-7-2-1-3-8-19/h1-17H,18H2,(H,27,28)/b26-17-. The number of nitrogens with zero attached hydrogens (tertiary/aromatic N) is 1. The van der Waals surface area contributed by atoms with E-state index >= 15 is 0 Å². The number of carbonyl (C=O) groups is 1. The Hall–Kier alpha value is -3.92. The summed E-state index contributed by atoms with van der Waals surface area (Å²) in [5, 5.41) is 6.33. The number of hydrogen-bond acceptors (Lipinski definition) is 3. The zero-order valence-electron chi connectivity index (χ0n) is 15.8. The van der Waals surface area contributed by atoms with E-state index in [1.54, 1.807) is 30.5 Å². The van der Waals surface area contributed by atoms with Crippen molar-refractivity contribution in [3.63, 3.8) is 0 Å². The molecule has 4 aromatic carbocycles. The van der Waals surface area contributed by atoms with Crippen molar-refractivity contribution in [1.29, 1.82) is 0 Å². The van der Waals surface area contributed by atoms with E-state index in [4.69, 9.17) is 4.74 Å². The molecule has 4 nitrogen and oxygen atoms in total. The number of hydrazone groups is 1. The van der Waals surface area contributed by atoms with E-state index in [1.807, 2.05) is 72.8 Å². The minimum atomic E-state index is -0.268. The number of carbonyl (C=O) groups excluding carboxylic acids is 1. The first-order valence-corrected chi connectivity index (χ1v) is 9.37. The van der Waals surface area contributed by atoms with Crippen LogP contribution in [0.1, 0.15) is 21.5 Å². The average molecular weight is 380 g/mol. The van der Waals surface area contributed by atoms with E-state index < -0.39 is 0 Å². The summed E-state index contributed by atoms with van der Waals surface area (Å²) in [7, 11) is 0. The Morgan fingerprint density at radius 3 is 2.38 bits per heavy atom. The molecule has 0 aliphatic heterocycles. The van der Waals surface area contributed by atoms with Gasteiger partial charge in [-0.3, -0.25) is 4.79 Å². The number of benzene rings is 4. The quantitative estimate of drug-likeness (QED) is 0.370. The predicted octanol–water partition coefficient (Wildman–Crippen LogP) is 5.18. The molecule has 0 unspecified atom stereocenters. The van der Waals surface area contributed by atoms with E-state index in [0.717, 1.165) is 21.9 Å². The topological polar surface area (TPSA) is 50.7 Å². The van der Waals surface area contributed by atoms with Crippen LogP contribution in [0, 0.1) is 0 Å². The van der Waals surface area contributed by atoms with Gasteiger partial charge in [-0.25, -0.2) is 5.43 Å². The predicted molar refractivity (Wildman–Crippen MR) is 116 cm³/mol. The van der Waals surface area contributed by atoms with Gasteiger partial charge in [0.2, 0.25) is 0 Å². The van der Waals surface area contributed by atoms with Crippen molar-refractivity contribution in [2.45, 2.75) is 6.61 Å². The third-order valence-electron chi connectivity index (χ3n) is 4.56. The average Bonchev–Trinajstić information content (AvgIpc) is 2.79. The van der Waals surface area contributed by atoms with Gasteiger partial charge >= 0.3 is 0 Å². The van der Waals surface area contributed by atoms with Crippen LogP contribution < -0.4 is 10.2 Å². The molecule has 0 heterocycles. The van der Waals surface area contributed by atoms with Gasteiger partial charge in [-0.2, -0.15) is 5.10 Å². The molecule has 0 fully saturated rings. The second-order valence-electron chi connectivity index (χ2n) is 6.57. The first-order valence-electron chi connectivity index (χ1n) is 9.37. The molecule has 0 saturated carbocycles. The van der Waals surface area contributed by atoms with Crippen LogP contribution in [0.3, 0.4) is 0 Å². The molecule has 1 amide bonds.